The molecule has 2 aromatic rings. The standard InChI is InChI=1S/C21H21NO3/c23-20(17-11-5-6-12-18(17)21(24)25)22-19-13-7-4-10-16(19)14-15-8-2-1-3-9-15/h1-10,13,17-18H,11-12,14H2,(H,22,23)(H,24,25)/t17-,18+/m1/s1. The molecule has 128 valence electrons. The maximum absolute atomic E-state index is 12.7. The molecule has 0 saturated carbocycles. The Morgan fingerprint density at radius 1 is 0.920 bits per heavy atom. The van der Waals surface area contributed by atoms with Crippen LogP contribution in [0.3, 0.4) is 0 Å². The minimum Gasteiger partial charge on any atom is -0.481 e. The molecule has 4 heteroatoms. The fourth-order valence-electron chi connectivity index (χ4n) is 3.21. The van der Waals surface area contributed by atoms with Crippen molar-refractivity contribution in [3.8, 4) is 0 Å². The van der Waals surface area contributed by atoms with Crippen LogP contribution < -0.4 is 5.32 Å². The summed E-state index contributed by atoms with van der Waals surface area (Å²) in [6, 6.07) is 17.7. The van der Waals surface area contributed by atoms with Crippen molar-refractivity contribution in [3.63, 3.8) is 0 Å². The van der Waals surface area contributed by atoms with Crippen LogP contribution in [0.1, 0.15) is 24.0 Å². The van der Waals surface area contributed by atoms with Gasteiger partial charge in [-0.05, 0) is 36.5 Å². The normalized spacial score (nSPS) is 19.4. The van der Waals surface area contributed by atoms with Crippen LogP contribution in [0.4, 0.5) is 5.69 Å². The molecular formula is C21H21NO3. The molecule has 0 radical (unpaired) electrons. The minimum atomic E-state index is -0.915. The van der Waals surface area contributed by atoms with Crippen LogP contribution in [-0.2, 0) is 16.0 Å². The van der Waals surface area contributed by atoms with E-state index in [0.717, 1.165) is 16.8 Å². The lowest BCUT2D eigenvalue weighted by atomic mass is 9.82. The van der Waals surface area contributed by atoms with Crippen LogP contribution in [0.2, 0.25) is 0 Å². The zero-order chi connectivity index (χ0) is 17.6. The van der Waals surface area contributed by atoms with Gasteiger partial charge in [-0.15, -0.1) is 0 Å². The van der Waals surface area contributed by atoms with Gasteiger partial charge in [0.2, 0.25) is 5.91 Å². The number of anilines is 1. The Kier molecular flexibility index (Phi) is 5.29. The van der Waals surface area contributed by atoms with Gasteiger partial charge in [0.25, 0.3) is 0 Å². The number of allylic oxidation sites excluding steroid dienone is 2. The third-order valence-electron chi connectivity index (χ3n) is 4.60. The number of hydrogen-bond donors (Lipinski definition) is 2. The van der Waals surface area contributed by atoms with Crippen LogP contribution in [-0.4, -0.2) is 17.0 Å². The van der Waals surface area contributed by atoms with Gasteiger partial charge in [-0.2, -0.15) is 0 Å². The first kappa shape index (κ1) is 17.0. The molecule has 1 aliphatic rings. The first-order valence-corrected chi connectivity index (χ1v) is 8.45. The molecule has 0 saturated heterocycles. The summed E-state index contributed by atoms with van der Waals surface area (Å²) in [5, 5.41) is 12.3. The lowest BCUT2D eigenvalue weighted by Gasteiger charge is -2.24. The number of rotatable bonds is 5. The molecule has 0 aromatic heterocycles. The second kappa shape index (κ2) is 7.79. The van der Waals surface area contributed by atoms with Crippen molar-refractivity contribution in [2.24, 2.45) is 11.8 Å². The van der Waals surface area contributed by atoms with Crippen molar-refractivity contribution in [1.82, 2.24) is 0 Å². The number of amides is 1. The molecule has 0 heterocycles. The zero-order valence-electron chi connectivity index (χ0n) is 13.9. The predicted molar refractivity (Wildman–Crippen MR) is 97.3 cm³/mol. The van der Waals surface area contributed by atoms with Gasteiger partial charge in [-0.25, -0.2) is 0 Å². The number of hydrogen-bond acceptors (Lipinski definition) is 2. The van der Waals surface area contributed by atoms with Gasteiger partial charge in [0, 0.05) is 5.69 Å². The predicted octanol–water partition coefficient (Wildman–Crippen LogP) is 3.88. The second-order valence-electron chi connectivity index (χ2n) is 6.30. The number of carbonyl (C=O) groups is 2. The Balaban J connectivity index is 1.77. The molecule has 4 nitrogen and oxygen atoms in total. The Morgan fingerprint density at radius 3 is 2.28 bits per heavy atom. The van der Waals surface area contributed by atoms with Crippen LogP contribution >= 0.6 is 0 Å². The quantitative estimate of drug-likeness (QED) is 0.815. The maximum atomic E-state index is 12.7. The third-order valence-corrected chi connectivity index (χ3v) is 4.60. The summed E-state index contributed by atoms with van der Waals surface area (Å²) in [6.07, 6.45) is 5.30. The molecule has 25 heavy (non-hydrogen) atoms. The molecule has 2 aromatic carbocycles. The first-order chi connectivity index (χ1) is 12.1. The van der Waals surface area contributed by atoms with Crippen molar-refractivity contribution < 1.29 is 14.7 Å². The van der Waals surface area contributed by atoms with E-state index in [9.17, 15) is 14.7 Å². The van der Waals surface area contributed by atoms with Crippen LogP contribution in [0, 0.1) is 11.8 Å². The molecular weight excluding hydrogens is 314 g/mol. The fourth-order valence-corrected chi connectivity index (χ4v) is 3.21. The molecule has 0 bridgehead atoms. The zero-order valence-corrected chi connectivity index (χ0v) is 13.9. The molecule has 0 unspecified atom stereocenters. The van der Waals surface area contributed by atoms with Gasteiger partial charge < -0.3 is 10.4 Å². The van der Waals surface area contributed by atoms with E-state index in [1.807, 2.05) is 66.7 Å². The lowest BCUT2D eigenvalue weighted by molar-refractivity contribution is -0.146. The largest absolute Gasteiger partial charge is 0.481 e. The van der Waals surface area contributed by atoms with Crippen molar-refractivity contribution in [2.45, 2.75) is 19.3 Å². The number of carbonyl (C=O) groups excluding carboxylic acids is 1. The number of carboxylic acid groups (broad SMARTS) is 1. The van der Waals surface area contributed by atoms with Gasteiger partial charge >= 0.3 is 5.97 Å². The summed E-state index contributed by atoms with van der Waals surface area (Å²) in [5.74, 6) is -2.34. The van der Waals surface area contributed by atoms with E-state index in [1.165, 1.54) is 0 Å². The first-order valence-electron chi connectivity index (χ1n) is 8.45. The third kappa shape index (κ3) is 4.15. The average Bonchev–Trinajstić information content (AvgIpc) is 2.64. The highest BCUT2D eigenvalue weighted by molar-refractivity contribution is 5.96. The number of aliphatic carboxylic acids is 1. The van der Waals surface area contributed by atoms with E-state index < -0.39 is 17.8 Å². The monoisotopic (exact) mass is 335 g/mol. The second-order valence-corrected chi connectivity index (χ2v) is 6.30. The highest BCUT2D eigenvalue weighted by atomic mass is 16.4. The summed E-state index contributed by atoms with van der Waals surface area (Å²) in [4.78, 5) is 24.1. The topological polar surface area (TPSA) is 66.4 Å². The highest BCUT2D eigenvalue weighted by Crippen LogP contribution is 2.28. The summed E-state index contributed by atoms with van der Waals surface area (Å²) < 4.78 is 0. The van der Waals surface area contributed by atoms with E-state index >= 15 is 0 Å². The summed E-state index contributed by atoms with van der Waals surface area (Å²) in [6.45, 7) is 0. The maximum Gasteiger partial charge on any atom is 0.307 e. The van der Waals surface area contributed by atoms with E-state index in [1.54, 1.807) is 0 Å². The minimum absolute atomic E-state index is 0.225. The molecule has 0 aliphatic heterocycles. The fraction of sp³-hybridized carbons (Fsp3) is 0.238. The molecule has 3 rings (SSSR count). The van der Waals surface area contributed by atoms with Crippen LogP contribution in [0.15, 0.2) is 66.7 Å². The average molecular weight is 335 g/mol. The summed E-state index contributed by atoms with van der Waals surface area (Å²) >= 11 is 0. The molecule has 2 atom stereocenters. The molecule has 0 spiro atoms. The smallest absolute Gasteiger partial charge is 0.307 e. The Labute approximate surface area is 147 Å². The molecule has 2 N–H and O–H groups in total. The van der Waals surface area contributed by atoms with E-state index in [0.29, 0.717) is 19.3 Å². The van der Waals surface area contributed by atoms with Crippen LogP contribution in [0.5, 0.6) is 0 Å². The highest BCUT2D eigenvalue weighted by Gasteiger charge is 2.34. The van der Waals surface area contributed by atoms with Crippen molar-refractivity contribution in [2.75, 3.05) is 5.32 Å². The Morgan fingerprint density at radius 2 is 1.56 bits per heavy atom. The number of para-hydroxylation sites is 1. The Hall–Kier alpha value is -2.88. The Bertz CT molecular complexity index is 783. The SMILES string of the molecule is O=C(O)[C@H]1CC=CC[C@H]1C(=O)Nc1ccccc1Cc1ccccc1. The van der Waals surface area contributed by atoms with Gasteiger partial charge in [0.05, 0.1) is 11.8 Å². The summed E-state index contributed by atoms with van der Waals surface area (Å²) in [7, 11) is 0. The van der Waals surface area contributed by atoms with Gasteiger partial charge in [-0.1, -0.05) is 60.7 Å². The van der Waals surface area contributed by atoms with Gasteiger partial charge in [-0.3, -0.25) is 9.59 Å². The number of nitrogens with one attached hydrogen (secondary N) is 1. The number of carboxylic acids is 1. The lowest BCUT2D eigenvalue weighted by Crippen LogP contribution is -2.34. The molecule has 1 aliphatic carbocycles. The van der Waals surface area contributed by atoms with E-state index in [4.69, 9.17) is 0 Å². The number of benzene rings is 2. The van der Waals surface area contributed by atoms with Crippen LogP contribution in [0.25, 0.3) is 0 Å². The molecule has 0 fully saturated rings. The van der Waals surface area contributed by atoms with Crippen molar-refractivity contribution >= 4 is 17.6 Å². The van der Waals surface area contributed by atoms with Gasteiger partial charge in [0.1, 0.15) is 0 Å². The summed E-state index contributed by atoms with van der Waals surface area (Å²) in [5.41, 5.74) is 2.92. The molecule has 1 amide bonds. The van der Waals surface area contributed by atoms with Crippen molar-refractivity contribution in [3.05, 3.63) is 77.9 Å². The van der Waals surface area contributed by atoms with Crippen molar-refractivity contribution in [1.29, 1.82) is 0 Å². The van der Waals surface area contributed by atoms with Gasteiger partial charge in [0.15, 0.2) is 0 Å². The van der Waals surface area contributed by atoms with E-state index in [2.05, 4.69) is 5.32 Å². The van der Waals surface area contributed by atoms with E-state index in [-0.39, 0.29) is 5.91 Å².